The van der Waals surface area contributed by atoms with Gasteiger partial charge in [-0.3, -0.25) is 4.79 Å². The minimum Gasteiger partial charge on any atom is -0.376 e. The highest BCUT2D eigenvalue weighted by Gasteiger charge is 2.38. The quantitative estimate of drug-likeness (QED) is 0.689. The lowest BCUT2D eigenvalue weighted by molar-refractivity contribution is -0.124. The van der Waals surface area contributed by atoms with Crippen molar-refractivity contribution in [3.63, 3.8) is 0 Å². The normalized spacial score (nSPS) is 22.8. The number of hydrogen-bond acceptors (Lipinski definition) is 6. The van der Waals surface area contributed by atoms with Crippen LogP contribution in [0.15, 0.2) is 41.4 Å². The highest BCUT2D eigenvalue weighted by Crippen LogP contribution is 2.41. The first-order chi connectivity index (χ1) is 15.8. The highest BCUT2D eigenvalue weighted by molar-refractivity contribution is 7.92. The highest BCUT2D eigenvalue weighted by atomic mass is 32.2. The molecule has 2 fully saturated rings. The number of pyridine rings is 1. The first kappa shape index (κ1) is 22.3. The minimum absolute atomic E-state index is 0.0405. The van der Waals surface area contributed by atoms with Crippen molar-refractivity contribution in [3.05, 3.63) is 42.1 Å². The van der Waals surface area contributed by atoms with Gasteiger partial charge in [-0.25, -0.2) is 13.4 Å². The third kappa shape index (κ3) is 4.51. The molecule has 0 spiro atoms. The van der Waals surface area contributed by atoms with E-state index in [1.54, 1.807) is 29.3 Å². The number of nitrogens with zero attached hydrogens (tertiary/aromatic N) is 2. The van der Waals surface area contributed by atoms with E-state index in [0.29, 0.717) is 36.6 Å². The van der Waals surface area contributed by atoms with Crippen molar-refractivity contribution >= 4 is 32.9 Å². The van der Waals surface area contributed by atoms with Crippen molar-refractivity contribution in [2.24, 2.45) is 5.92 Å². The van der Waals surface area contributed by atoms with E-state index in [0.717, 1.165) is 31.2 Å². The Morgan fingerprint density at radius 2 is 1.88 bits per heavy atom. The molecule has 7 nitrogen and oxygen atoms in total. The molecular weight excluding hydrogens is 438 g/mol. The molecule has 1 aromatic carbocycles. The van der Waals surface area contributed by atoms with Crippen molar-refractivity contribution in [2.75, 3.05) is 10.2 Å². The Hall–Kier alpha value is -2.45. The summed E-state index contributed by atoms with van der Waals surface area (Å²) in [6.45, 7) is 4.44. The summed E-state index contributed by atoms with van der Waals surface area (Å²) in [4.78, 5) is 20.3. The molecule has 2 saturated carbocycles. The predicted octanol–water partition coefficient (Wildman–Crippen LogP) is 4.59. The Labute approximate surface area is 195 Å². The van der Waals surface area contributed by atoms with Gasteiger partial charge >= 0.3 is 0 Å². The monoisotopic (exact) mass is 469 g/mol. The first-order valence-electron chi connectivity index (χ1n) is 11.9. The van der Waals surface area contributed by atoms with Gasteiger partial charge < -0.3 is 15.0 Å². The molecule has 0 radical (unpaired) electrons. The lowest BCUT2D eigenvalue weighted by Crippen LogP contribution is -2.38. The molecule has 2 heterocycles. The number of aromatic nitrogens is 1. The third-order valence-electron chi connectivity index (χ3n) is 6.78. The molecule has 8 heteroatoms. The number of fused-ring (bicyclic) bond motifs is 2. The van der Waals surface area contributed by atoms with Crippen LogP contribution in [0, 0.1) is 5.92 Å². The molecule has 1 aliphatic heterocycles. The maximum atomic E-state index is 13.8. The molecule has 1 amide bonds. The van der Waals surface area contributed by atoms with Crippen LogP contribution >= 0.6 is 0 Å². The molecule has 0 unspecified atom stereocenters. The van der Waals surface area contributed by atoms with Crippen LogP contribution in [-0.2, 0) is 25.9 Å². The summed E-state index contributed by atoms with van der Waals surface area (Å²) in [7, 11) is -3.37. The van der Waals surface area contributed by atoms with E-state index in [1.165, 1.54) is 0 Å². The number of ether oxygens (including phenoxy) is 1. The number of carbonyl (C=O) groups excluding carboxylic acids is 1. The number of rotatable bonds is 5. The molecule has 5 rings (SSSR count). The van der Waals surface area contributed by atoms with Crippen LogP contribution < -0.4 is 10.2 Å². The van der Waals surface area contributed by atoms with Crippen LogP contribution in [0.3, 0.4) is 0 Å². The number of benzene rings is 1. The van der Waals surface area contributed by atoms with Crippen LogP contribution in [0.1, 0.15) is 57.9 Å². The van der Waals surface area contributed by atoms with E-state index in [1.807, 2.05) is 26.0 Å². The van der Waals surface area contributed by atoms with Crippen LogP contribution in [0.4, 0.5) is 17.2 Å². The Kier molecular flexibility index (Phi) is 5.91. The fourth-order valence-corrected chi connectivity index (χ4v) is 6.57. The van der Waals surface area contributed by atoms with Crippen LogP contribution in [0.5, 0.6) is 0 Å². The van der Waals surface area contributed by atoms with E-state index in [-0.39, 0.29) is 34.2 Å². The number of hydrogen-bond donors (Lipinski definition) is 1. The number of sulfone groups is 1. The molecule has 0 saturated heterocycles. The van der Waals surface area contributed by atoms with E-state index >= 15 is 0 Å². The molecular formula is C25H31N3O4S. The van der Waals surface area contributed by atoms with Crippen molar-refractivity contribution in [2.45, 2.75) is 81.3 Å². The number of anilines is 3. The van der Waals surface area contributed by atoms with Crippen LogP contribution in [-0.4, -0.2) is 36.8 Å². The summed E-state index contributed by atoms with van der Waals surface area (Å²) < 4.78 is 31.8. The molecule has 33 heavy (non-hydrogen) atoms. The molecule has 2 aliphatic carbocycles. The second kappa shape index (κ2) is 8.72. The largest absolute Gasteiger partial charge is 0.376 e. The molecule has 0 bridgehead atoms. The summed E-state index contributed by atoms with van der Waals surface area (Å²) in [6, 6.07) is 8.90. The molecule has 1 N–H and O–H groups in total. The van der Waals surface area contributed by atoms with E-state index in [2.05, 4.69) is 10.3 Å². The fourth-order valence-electron chi connectivity index (χ4n) is 4.90. The van der Waals surface area contributed by atoms with Gasteiger partial charge in [-0.15, -0.1) is 0 Å². The maximum Gasteiger partial charge on any atom is 0.230 e. The Morgan fingerprint density at radius 1 is 1.12 bits per heavy atom. The van der Waals surface area contributed by atoms with Crippen molar-refractivity contribution in [1.82, 2.24) is 4.98 Å². The predicted molar refractivity (Wildman–Crippen MR) is 127 cm³/mol. The summed E-state index contributed by atoms with van der Waals surface area (Å²) >= 11 is 0. The number of nitrogens with one attached hydrogen (secondary N) is 1. The zero-order valence-corrected chi connectivity index (χ0v) is 20.0. The van der Waals surface area contributed by atoms with Crippen LogP contribution in [0.2, 0.25) is 0 Å². The lowest BCUT2D eigenvalue weighted by Gasteiger charge is -2.33. The summed E-state index contributed by atoms with van der Waals surface area (Å²) in [5, 5.41) is 3.03. The minimum atomic E-state index is -3.37. The fraction of sp³-hybridized carbons (Fsp3) is 0.520. The molecule has 176 valence electrons. The number of carbonyl (C=O) groups is 1. The zero-order valence-electron chi connectivity index (χ0n) is 19.2. The Balaban J connectivity index is 1.47. The van der Waals surface area contributed by atoms with Gasteiger partial charge in [0, 0.05) is 17.7 Å². The lowest BCUT2D eigenvalue weighted by atomic mass is 9.86. The van der Waals surface area contributed by atoms with Gasteiger partial charge in [0.2, 0.25) is 5.91 Å². The standard InChI is InChI=1S/C25H31N3O4S/c1-16(2)32-19-7-5-17(6-8-19)25(29)28-15-18-4-3-13-26-24(18)27-22-12-11-21(14-23(22)28)33(30,31)20-9-10-20/h3-4,11-14,16-17,19-20H,5-10,15H2,1-2H3,(H,26,27)/t17-,19-. The smallest absolute Gasteiger partial charge is 0.230 e. The maximum absolute atomic E-state index is 13.8. The average molecular weight is 470 g/mol. The van der Waals surface area contributed by atoms with Crippen molar-refractivity contribution in [3.8, 4) is 0 Å². The van der Waals surface area contributed by atoms with E-state index in [9.17, 15) is 13.2 Å². The number of amides is 1. The second-order valence-electron chi connectivity index (χ2n) is 9.64. The first-order valence-corrected chi connectivity index (χ1v) is 13.4. The van der Waals surface area contributed by atoms with Crippen molar-refractivity contribution < 1.29 is 17.9 Å². The second-order valence-corrected chi connectivity index (χ2v) is 11.9. The molecule has 3 aliphatic rings. The molecule has 2 aromatic rings. The third-order valence-corrected chi connectivity index (χ3v) is 9.04. The van der Waals surface area contributed by atoms with Gasteiger partial charge in [-0.05, 0) is 76.6 Å². The Morgan fingerprint density at radius 3 is 2.58 bits per heavy atom. The average Bonchev–Trinajstić information content (AvgIpc) is 3.65. The molecule has 1 aromatic heterocycles. The van der Waals surface area contributed by atoms with E-state index in [4.69, 9.17) is 4.74 Å². The summed E-state index contributed by atoms with van der Waals surface area (Å²) in [6.07, 6.45) is 6.78. The molecule has 0 atom stereocenters. The van der Waals surface area contributed by atoms with Gasteiger partial charge in [0.05, 0.1) is 40.3 Å². The van der Waals surface area contributed by atoms with Crippen LogP contribution in [0.25, 0.3) is 0 Å². The van der Waals surface area contributed by atoms with E-state index < -0.39 is 9.84 Å². The van der Waals surface area contributed by atoms with Gasteiger partial charge in [-0.1, -0.05) is 6.07 Å². The van der Waals surface area contributed by atoms with Gasteiger partial charge in [0.25, 0.3) is 0 Å². The van der Waals surface area contributed by atoms with Gasteiger partial charge in [0.15, 0.2) is 9.84 Å². The summed E-state index contributed by atoms with van der Waals surface area (Å²) in [5.74, 6) is 0.631. The zero-order chi connectivity index (χ0) is 23.2. The topological polar surface area (TPSA) is 88.6 Å². The van der Waals surface area contributed by atoms with Crippen molar-refractivity contribution in [1.29, 1.82) is 0 Å². The SMILES string of the molecule is CC(C)O[C@H]1CC[C@H](C(=O)N2Cc3cccnc3Nc3ccc(S(=O)(=O)C4CC4)cc32)CC1. The van der Waals surface area contributed by atoms with Gasteiger partial charge in [-0.2, -0.15) is 0 Å². The Bertz CT molecular complexity index is 1150. The summed E-state index contributed by atoms with van der Waals surface area (Å²) in [5.41, 5.74) is 2.22. The van der Waals surface area contributed by atoms with Gasteiger partial charge in [0.1, 0.15) is 5.82 Å².